The van der Waals surface area contributed by atoms with E-state index in [-0.39, 0.29) is 6.04 Å². The molecule has 1 aliphatic heterocycles. The van der Waals surface area contributed by atoms with Crippen molar-refractivity contribution >= 4 is 10.9 Å². The van der Waals surface area contributed by atoms with E-state index < -0.39 is 0 Å². The van der Waals surface area contributed by atoms with Crippen LogP contribution in [0.25, 0.3) is 10.9 Å². The number of nitrogens with zero attached hydrogens (tertiary/aromatic N) is 1. The van der Waals surface area contributed by atoms with Gasteiger partial charge in [-0.05, 0) is 56.8 Å². The Kier molecular flexibility index (Phi) is 4.68. The number of para-hydroxylation sites is 1. The van der Waals surface area contributed by atoms with Crippen molar-refractivity contribution in [3.05, 3.63) is 72.1 Å². The molecule has 2 heterocycles. The third kappa shape index (κ3) is 3.10. The lowest BCUT2D eigenvalue weighted by molar-refractivity contribution is 0.281. The van der Waals surface area contributed by atoms with E-state index in [0.717, 1.165) is 18.7 Å². The third-order valence-electron chi connectivity index (χ3n) is 4.61. The Morgan fingerprint density at radius 2 is 2.00 bits per heavy atom. The molecular formula is C20H25N3. The first-order chi connectivity index (χ1) is 11.2. The first-order valence-corrected chi connectivity index (χ1v) is 8.27. The average Bonchev–Trinajstić information content (AvgIpc) is 3.17. The highest BCUT2D eigenvalue weighted by atomic mass is 15.2. The van der Waals surface area contributed by atoms with E-state index in [0.29, 0.717) is 0 Å². The number of nitrogens with one attached hydrogen (secondary N) is 1. The molecule has 120 valence electrons. The van der Waals surface area contributed by atoms with Crippen LogP contribution in [0.1, 0.15) is 30.1 Å². The molecule has 1 saturated heterocycles. The van der Waals surface area contributed by atoms with Crippen molar-refractivity contribution in [1.82, 2.24) is 9.88 Å². The smallest absolute Gasteiger partial charge is 0.0619 e. The van der Waals surface area contributed by atoms with Gasteiger partial charge in [-0.3, -0.25) is 4.90 Å². The highest BCUT2D eigenvalue weighted by Gasteiger charge is 2.28. The number of fused-ring (bicyclic) bond motifs is 1. The summed E-state index contributed by atoms with van der Waals surface area (Å²) in [5.41, 5.74) is 10.3. The van der Waals surface area contributed by atoms with Crippen molar-refractivity contribution in [2.45, 2.75) is 25.8 Å². The minimum atomic E-state index is 0.219. The van der Waals surface area contributed by atoms with E-state index in [1.54, 1.807) is 6.20 Å². The molecule has 0 spiro atoms. The van der Waals surface area contributed by atoms with Gasteiger partial charge in [-0.2, -0.15) is 0 Å². The lowest BCUT2D eigenvalue weighted by Crippen LogP contribution is -2.27. The summed E-state index contributed by atoms with van der Waals surface area (Å²) in [4.78, 5) is 6.07. The van der Waals surface area contributed by atoms with Gasteiger partial charge in [0.2, 0.25) is 0 Å². The van der Waals surface area contributed by atoms with Crippen LogP contribution in [0.3, 0.4) is 0 Å². The summed E-state index contributed by atoms with van der Waals surface area (Å²) in [7, 11) is 0. The number of aromatic nitrogens is 1. The van der Waals surface area contributed by atoms with Crippen LogP contribution in [0.15, 0.2) is 60.8 Å². The van der Waals surface area contributed by atoms with Gasteiger partial charge in [-0.15, -0.1) is 0 Å². The zero-order valence-corrected chi connectivity index (χ0v) is 13.8. The number of allylic oxidation sites excluding steroid dienone is 2. The zero-order chi connectivity index (χ0) is 16.2. The Hall–Kier alpha value is -2.26. The highest BCUT2D eigenvalue weighted by molar-refractivity contribution is 5.85. The van der Waals surface area contributed by atoms with Crippen molar-refractivity contribution < 1.29 is 0 Å². The molecule has 23 heavy (non-hydrogen) atoms. The number of nitrogens with two attached hydrogens (primary N) is 1. The summed E-state index contributed by atoms with van der Waals surface area (Å²) in [5, 5.41) is 1.30. The Morgan fingerprint density at radius 3 is 2.74 bits per heavy atom. The summed E-state index contributed by atoms with van der Waals surface area (Å²) in [5.74, 6) is 0. The molecule has 0 saturated carbocycles. The van der Waals surface area contributed by atoms with Crippen LogP contribution >= 0.6 is 0 Å². The molecule has 2 aromatic rings. The first kappa shape index (κ1) is 15.6. The molecule has 1 aromatic heterocycles. The first-order valence-electron chi connectivity index (χ1n) is 8.27. The molecule has 0 aliphatic carbocycles. The molecule has 1 aliphatic rings. The fourth-order valence-corrected chi connectivity index (χ4v) is 3.59. The molecule has 1 fully saturated rings. The van der Waals surface area contributed by atoms with Gasteiger partial charge in [0.05, 0.1) is 6.04 Å². The van der Waals surface area contributed by atoms with Gasteiger partial charge in [0, 0.05) is 22.2 Å². The summed E-state index contributed by atoms with van der Waals surface area (Å²) >= 11 is 0. The lowest BCUT2D eigenvalue weighted by Gasteiger charge is -2.29. The van der Waals surface area contributed by atoms with Gasteiger partial charge in [-0.1, -0.05) is 36.9 Å². The van der Waals surface area contributed by atoms with Crippen molar-refractivity contribution in [2.75, 3.05) is 13.1 Å². The number of aryl methyl sites for hydroxylation is 1. The fourth-order valence-electron chi connectivity index (χ4n) is 3.59. The van der Waals surface area contributed by atoms with Crippen LogP contribution < -0.4 is 5.73 Å². The van der Waals surface area contributed by atoms with Crippen molar-refractivity contribution in [2.24, 2.45) is 5.73 Å². The van der Waals surface area contributed by atoms with Gasteiger partial charge < -0.3 is 10.7 Å². The highest BCUT2D eigenvalue weighted by Crippen LogP contribution is 2.37. The van der Waals surface area contributed by atoms with Gasteiger partial charge in [0.15, 0.2) is 0 Å². The second-order valence-electron chi connectivity index (χ2n) is 6.17. The average molecular weight is 307 g/mol. The number of benzene rings is 1. The standard InChI is InChI=1S/C20H25N3/c1-15(9-5-6-12-21)20(23-13-7-8-14-23)19-16(2)22-18-11-4-3-10-17(18)19/h3-6,9-12,20,22H,1,7-8,13-14,21H2,2H3/b9-5-,12-6-. The number of hydrogen-bond acceptors (Lipinski definition) is 2. The number of H-pyrrole nitrogens is 1. The third-order valence-corrected chi connectivity index (χ3v) is 4.61. The van der Waals surface area contributed by atoms with Gasteiger partial charge in [0.25, 0.3) is 0 Å². The molecule has 3 nitrogen and oxygen atoms in total. The number of rotatable bonds is 5. The molecular weight excluding hydrogens is 282 g/mol. The van der Waals surface area contributed by atoms with Crippen LogP contribution in [-0.2, 0) is 0 Å². The van der Waals surface area contributed by atoms with Gasteiger partial charge in [0.1, 0.15) is 0 Å². The Morgan fingerprint density at radius 1 is 1.26 bits per heavy atom. The monoisotopic (exact) mass is 307 g/mol. The second-order valence-corrected chi connectivity index (χ2v) is 6.17. The van der Waals surface area contributed by atoms with Crippen LogP contribution in [0.5, 0.6) is 0 Å². The quantitative estimate of drug-likeness (QED) is 0.813. The largest absolute Gasteiger partial charge is 0.405 e. The van der Waals surface area contributed by atoms with Crippen LogP contribution in [0, 0.1) is 6.92 Å². The summed E-state index contributed by atoms with van der Waals surface area (Å²) < 4.78 is 0. The van der Waals surface area contributed by atoms with Crippen molar-refractivity contribution in [3.8, 4) is 0 Å². The number of aromatic amines is 1. The van der Waals surface area contributed by atoms with Crippen LogP contribution in [0.2, 0.25) is 0 Å². The van der Waals surface area contributed by atoms with Gasteiger partial charge >= 0.3 is 0 Å². The molecule has 1 aromatic carbocycles. The van der Waals surface area contributed by atoms with E-state index in [1.165, 1.54) is 35.0 Å². The Balaban J connectivity index is 2.06. The zero-order valence-electron chi connectivity index (χ0n) is 13.8. The topological polar surface area (TPSA) is 45.1 Å². The molecule has 0 bridgehead atoms. The molecule has 3 N–H and O–H groups in total. The fraction of sp³-hybridized carbons (Fsp3) is 0.300. The second kappa shape index (κ2) is 6.88. The van der Waals surface area contributed by atoms with Crippen molar-refractivity contribution in [1.29, 1.82) is 0 Å². The molecule has 1 atom stereocenters. The van der Waals surface area contributed by atoms with Crippen molar-refractivity contribution in [3.63, 3.8) is 0 Å². The van der Waals surface area contributed by atoms with E-state index >= 15 is 0 Å². The van der Waals surface area contributed by atoms with E-state index in [2.05, 4.69) is 53.7 Å². The Bertz CT molecular complexity index is 745. The Labute approximate surface area is 138 Å². The molecule has 1 unspecified atom stereocenters. The maximum atomic E-state index is 5.43. The summed E-state index contributed by atoms with van der Waals surface area (Å²) in [6.07, 6.45) is 9.96. The molecule has 3 heteroatoms. The lowest BCUT2D eigenvalue weighted by atomic mass is 9.95. The SMILES string of the molecule is C=C(/C=C\C=C/N)C(c1c(C)[nH]c2ccccc12)N1CCCC1. The van der Waals surface area contributed by atoms with E-state index in [4.69, 9.17) is 5.73 Å². The summed E-state index contributed by atoms with van der Waals surface area (Å²) in [6.45, 7) is 8.78. The van der Waals surface area contributed by atoms with Gasteiger partial charge in [-0.25, -0.2) is 0 Å². The van der Waals surface area contributed by atoms with E-state index in [9.17, 15) is 0 Å². The normalized spacial score (nSPS) is 17.6. The maximum absolute atomic E-state index is 5.43. The number of likely N-dealkylation sites (tertiary alicyclic amines) is 1. The predicted molar refractivity (Wildman–Crippen MR) is 98.2 cm³/mol. The minimum Gasteiger partial charge on any atom is -0.405 e. The molecule has 0 amide bonds. The predicted octanol–water partition coefficient (Wildman–Crippen LogP) is 4.20. The van der Waals surface area contributed by atoms with Crippen LogP contribution in [-0.4, -0.2) is 23.0 Å². The summed E-state index contributed by atoms with van der Waals surface area (Å²) in [6, 6.07) is 8.75. The molecule has 0 radical (unpaired) electrons. The van der Waals surface area contributed by atoms with Crippen LogP contribution in [0.4, 0.5) is 0 Å². The maximum Gasteiger partial charge on any atom is 0.0619 e. The van der Waals surface area contributed by atoms with E-state index in [1.807, 2.05) is 12.2 Å². The molecule has 3 rings (SSSR count). The number of hydrogen-bond donors (Lipinski definition) is 2. The minimum absolute atomic E-state index is 0.219.